The number of aliphatic hydroxyl groups excluding tert-OH is 1. The summed E-state index contributed by atoms with van der Waals surface area (Å²) in [6.45, 7) is 0.811. The van der Waals surface area contributed by atoms with Crippen LogP contribution in [0, 0.1) is 0 Å². The Hall–Kier alpha value is -2.55. The lowest BCUT2D eigenvalue weighted by Crippen LogP contribution is -2.32. The van der Waals surface area contributed by atoms with Gasteiger partial charge in [-0.2, -0.15) is 0 Å². The van der Waals surface area contributed by atoms with Crippen molar-refractivity contribution in [2.24, 2.45) is 0 Å². The Morgan fingerprint density at radius 2 is 1.97 bits per heavy atom. The van der Waals surface area contributed by atoms with Gasteiger partial charge >= 0.3 is 0 Å². The summed E-state index contributed by atoms with van der Waals surface area (Å²) in [5.41, 5.74) is 8.15. The van der Waals surface area contributed by atoms with Crippen molar-refractivity contribution in [3.05, 3.63) is 50.6 Å². The Morgan fingerprint density at radius 3 is 2.61 bits per heavy atom. The van der Waals surface area contributed by atoms with E-state index in [1.807, 2.05) is 7.05 Å². The highest BCUT2D eigenvalue weighted by Gasteiger charge is 2.37. The molecule has 3 aromatic rings. The van der Waals surface area contributed by atoms with Crippen molar-refractivity contribution < 1.29 is 19.0 Å². The Kier molecular flexibility index (Phi) is 5.96. The third-order valence-corrected chi connectivity index (χ3v) is 6.70. The molecule has 8 heteroatoms. The lowest BCUT2D eigenvalue weighted by Gasteiger charge is -2.25. The van der Waals surface area contributed by atoms with Gasteiger partial charge in [-0.15, -0.1) is 0 Å². The topological polar surface area (TPSA) is 98.2 Å². The molecule has 0 aliphatic carbocycles. The van der Waals surface area contributed by atoms with E-state index in [1.165, 1.54) is 13.2 Å². The molecule has 1 fully saturated rings. The first-order valence-corrected chi connectivity index (χ1v) is 10.8. The molecule has 1 aromatic heterocycles. The Labute approximate surface area is 188 Å². The van der Waals surface area contributed by atoms with Gasteiger partial charge in [0.15, 0.2) is 5.43 Å². The molecule has 0 radical (unpaired) electrons. The molecule has 2 atom stereocenters. The molecular weight excluding hydrogens is 464 g/mol. The molecule has 2 heterocycles. The normalized spacial score (nSPS) is 19.1. The molecule has 1 saturated heterocycles. The van der Waals surface area contributed by atoms with Crippen molar-refractivity contribution in [2.45, 2.75) is 18.4 Å². The second kappa shape index (κ2) is 8.53. The van der Waals surface area contributed by atoms with Gasteiger partial charge in [0, 0.05) is 45.4 Å². The minimum absolute atomic E-state index is 0.00865. The maximum atomic E-state index is 13.2. The highest BCUT2D eigenvalue weighted by molar-refractivity contribution is 9.10. The van der Waals surface area contributed by atoms with Crippen LogP contribution in [0.5, 0.6) is 11.5 Å². The number of halogens is 1. The molecule has 3 N–H and O–H groups in total. The summed E-state index contributed by atoms with van der Waals surface area (Å²) in [4.78, 5) is 15.3. The largest absolute Gasteiger partial charge is 0.496 e. The second-order valence-corrected chi connectivity index (χ2v) is 8.59. The Morgan fingerprint density at radius 1 is 1.23 bits per heavy atom. The average Bonchev–Trinajstić information content (AvgIpc) is 3.12. The average molecular weight is 489 g/mol. The number of hydrogen-bond acceptors (Lipinski definition) is 7. The van der Waals surface area contributed by atoms with E-state index in [0.29, 0.717) is 39.5 Å². The van der Waals surface area contributed by atoms with Gasteiger partial charge in [0.05, 0.1) is 20.8 Å². The van der Waals surface area contributed by atoms with Gasteiger partial charge in [-0.25, -0.2) is 0 Å². The summed E-state index contributed by atoms with van der Waals surface area (Å²) in [6, 6.07) is 8.40. The first-order valence-electron chi connectivity index (χ1n) is 9.98. The van der Waals surface area contributed by atoms with E-state index in [0.717, 1.165) is 23.0 Å². The number of nitrogens with zero attached hydrogens (tertiary/aromatic N) is 1. The van der Waals surface area contributed by atoms with Crippen molar-refractivity contribution in [2.75, 3.05) is 40.2 Å². The molecule has 1 aliphatic rings. The molecule has 0 bridgehead atoms. The molecule has 1 aliphatic heterocycles. The number of hydrogen-bond donors (Lipinski definition) is 2. The van der Waals surface area contributed by atoms with E-state index in [1.54, 1.807) is 31.4 Å². The minimum atomic E-state index is -0.215. The van der Waals surface area contributed by atoms with E-state index in [4.69, 9.17) is 19.6 Å². The van der Waals surface area contributed by atoms with Crippen LogP contribution in [0.4, 0.5) is 5.69 Å². The van der Waals surface area contributed by atoms with Crippen LogP contribution in [-0.2, 0) is 0 Å². The number of methoxy groups -OCH3 is 2. The fraction of sp³-hybridized carbons (Fsp3) is 0.348. The highest BCUT2D eigenvalue weighted by atomic mass is 79.9. The molecular formula is C23H25BrN2O5. The first-order chi connectivity index (χ1) is 14.9. The zero-order valence-corrected chi connectivity index (χ0v) is 19.2. The van der Waals surface area contributed by atoms with Crippen molar-refractivity contribution in [1.82, 2.24) is 4.90 Å². The van der Waals surface area contributed by atoms with Crippen LogP contribution in [0.15, 0.2) is 44.0 Å². The number of aliphatic hydroxyl groups is 1. The van der Waals surface area contributed by atoms with E-state index >= 15 is 0 Å². The first kappa shape index (κ1) is 21.7. The van der Waals surface area contributed by atoms with Crippen LogP contribution >= 0.6 is 15.9 Å². The van der Waals surface area contributed by atoms with Crippen molar-refractivity contribution in [3.63, 3.8) is 0 Å². The van der Waals surface area contributed by atoms with Crippen LogP contribution in [0.25, 0.3) is 22.3 Å². The molecule has 2 aromatic carbocycles. The smallest absolute Gasteiger partial charge is 0.197 e. The van der Waals surface area contributed by atoms with E-state index < -0.39 is 0 Å². The number of likely N-dealkylation sites (tertiary alicyclic amines) is 1. The number of nitrogen functional groups attached to an aromatic ring is 1. The van der Waals surface area contributed by atoms with Crippen LogP contribution in [0.2, 0.25) is 0 Å². The standard InChI is InChI=1S/C23H25BrN2O5/c1-26-7-6-14(16(26)11-27)21-19(29-2)10-20(30-3)22-17(28)9-18(31-23(21)22)13-5-4-12(25)8-15(13)24/h4-5,8-10,14,16,27H,6-7,11,25H2,1-3H3. The Bertz CT molecular complexity index is 1190. The summed E-state index contributed by atoms with van der Waals surface area (Å²) >= 11 is 3.51. The maximum Gasteiger partial charge on any atom is 0.197 e. The number of nitrogens with two attached hydrogens (primary N) is 1. The van der Waals surface area contributed by atoms with Crippen LogP contribution in [0.1, 0.15) is 17.9 Å². The van der Waals surface area contributed by atoms with Gasteiger partial charge in [-0.1, -0.05) is 0 Å². The molecule has 0 spiro atoms. The SMILES string of the molecule is COc1cc(OC)c2c(=O)cc(-c3ccc(N)cc3Br)oc2c1C1CCN(C)C1CO. The summed E-state index contributed by atoms with van der Waals surface area (Å²) in [6.07, 6.45) is 0.805. The predicted octanol–water partition coefficient (Wildman–Crippen LogP) is 3.60. The molecule has 2 unspecified atom stereocenters. The molecule has 164 valence electrons. The van der Waals surface area contributed by atoms with Crippen molar-refractivity contribution in [3.8, 4) is 22.8 Å². The fourth-order valence-corrected chi connectivity index (χ4v) is 5.05. The van der Waals surface area contributed by atoms with E-state index in [9.17, 15) is 9.90 Å². The molecule has 0 saturated carbocycles. The minimum Gasteiger partial charge on any atom is -0.496 e. The van der Waals surface area contributed by atoms with Gasteiger partial charge in [0.25, 0.3) is 0 Å². The van der Waals surface area contributed by atoms with Crippen LogP contribution < -0.4 is 20.6 Å². The molecule has 7 nitrogen and oxygen atoms in total. The van der Waals surface area contributed by atoms with Crippen LogP contribution in [-0.4, -0.2) is 50.5 Å². The number of anilines is 1. The maximum absolute atomic E-state index is 13.2. The van der Waals surface area contributed by atoms with Crippen LogP contribution in [0.3, 0.4) is 0 Å². The number of fused-ring (bicyclic) bond motifs is 1. The number of ether oxygens (including phenoxy) is 2. The molecule has 0 amide bonds. The number of rotatable bonds is 5. The summed E-state index contributed by atoms with van der Waals surface area (Å²) in [5.74, 6) is 1.30. The zero-order chi connectivity index (χ0) is 22.3. The van der Waals surface area contributed by atoms with Crippen molar-refractivity contribution in [1.29, 1.82) is 0 Å². The van der Waals surface area contributed by atoms with Gasteiger partial charge in [-0.05, 0) is 54.1 Å². The summed E-state index contributed by atoms with van der Waals surface area (Å²) in [7, 11) is 5.07. The van der Waals surface area contributed by atoms with Crippen molar-refractivity contribution >= 4 is 32.6 Å². The summed E-state index contributed by atoms with van der Waals surface area (Å²) in [5, 5.41) is 10.4. The second-order valence-electron chi connectivity index (χ2n) is 7.74. The predicted molar refractivity (Wildman–Crippen MR) is 124 cm³/mol. The highest BCUT2D eigenvalue weighted by Crippen LogP contribution is 2.45. The van der Waals surface area contributed by atoms with E-state index in [-0.39, 0.29) is 24.0 Å². The lowest BCUT2D eigenvalue weighted by molar-refractivity contribution is 0.171. The van der Waals surface area contributed by atoms with Gasteiger partial charge in [0.2, 0.25) is 0 Å². The van der Waals surface area contributed by atoms with E-state index in [2.05, 4.69) is 20.8 Å². The lowest BCUT2D eigenvalue weighted by atomic mass is 9.89. The summed E-state index contributed by atoms with van der Waals surface area (Å²) < 4.78 is 18.3. The number of likely N-dealkylation sites (N-methyl/N-ethyl adjacent to an activating group) is 1. The van der Waals surface area contributed by atoms with Gasteiger partial charge in [0.1, 0.15) is 28.2 Å². The monoisotopic (exact) mass is 488 g/mol. The Balaban J connectivity index is 2.06. The third kappa shape index (κ3) is 3.69. The number of benzene rings is 2. The van der Waals surface area contributed by atoms with Gasteiger partial charge < -0.3 is 29.6 Å². The van der Waals surface area contributed by atoms with Gasteiger partial charge in [-0.3, -0.25) is 4.79 Å². The zero-order valence-electron chi connectivity index (χ0n) is 17.6. The molecule has 31 heavy (non-hydrogen) atoms. The third-order valence-electron chi connectivity index (χ3n) is 6.05. The quantitative estimate of drug-likeness (QED) is 0.529. The fourth-order valence-electron chi connectivity index (χ4n) is 4.45. The molecule has 4 rings (SSSR count).